The van der Waals surface area contributed by atoms with Gasteiger partial charge in [0.25, 0.3) is 0 Å². The van der Waals surface area contributed by atoms with Crippen LogP contribution in [0.1, 0.15) is 6.92 Å². The highest BCUT2D eigenvalue weighted by Crippen LogP contribution is 1.90. The Bertz CT molecular complexity index is 156. The molecule has 3 nitrogen and oxygen atoms in total. The van der Waals surface area contributed by atoms with Crippen molar-refractivity contribution in [3.8, 4) is 0 Å². The molecule has 0 saturated heterocycles. The number of aliphatic hydroxyl groups excluding tert-OH is 1. The number of carboxylic acid groups (broad SMARTS) is 1. The van der Waals surface area contributed by atoms with Crippen LogP contribution in [0.5, 0.6) is 0 Å². The minimum Gasteiger partial charge on any atom is -0.516 e. The molecular weight excluding hydrogens is 120 g/mol. The lowest BCUT2D eigenvalue weighted by atomic mass is 10.3. The van der Waals surface area contributed by atoms with Gasteiger partial charge in [-0.2, -0.15) is 0 Å². The van der Waals surface area contributed by atoms with Crippen molar-refractivity contribution in [3.63, 3.8) is 0 Å². The Morgan fingerprint density at radius 2 is 2.11 bits per heavy atom. The molecule has 50 valence electrons. The van der Waals surface area contributed by atoms with Gasteiger partial charge < -0.3 is 10.2 Å². The van der Waals surface area contributed by atoms with E-state index in [0.29, 0.717) is 0 Å². The molecule has 0 aliphatic heterocycles. The second-order valence-electron chi connectivity index (χ2n) is 1.50. The average molecular weight is 128 g/mol. The fraction of sp³-hybridized carbons (Fsp3) is 0.167. The summed E-state index contributed by atoms with van der Waals surface area (Å²) in [7, 11) is 0. The Morgan fingerprint density at radius 1 is 1.56 bits per heavy atom. The van der Waals surface area contributed by atoms with Crippen LogP contribution in [-0.2, 0) is 4.79 Å². The molecule has 0 aromatic rings. The lowest BCUT2D eigenvalue weighted by molar-refractivity contribution is -0.132. The first-order valence-electron chi connectivity index (χ1n) is 2.39. The fourth-order valence-electron chi connectivity index (χ4n) is 0.259. The molecule has 0 rings (SSSR count). The first kappa shape index (κ1) is 7.75. The van der Waals surface area contributed by atoms with E-state index in [0.717, 1.165) is 6.26 Å². The van der Waals surface area contributed by atoms with Crippen molar-refractivity contribution in [2.75, 3.05) is 0 Å². The highest BCUT2D eigenvalue weighted by atomic mass is 16.4. The summed E-state index contributed by atoms with van der Waals surface area (Å²) in [6.07, 6.45) is 3.35. The van der Waals surface area contributed by atoms with E-state index in [-0.39, 0.29) is 5.57 Å². The van der Waals surface area contributed by atoms with Gasteiger partial charge in [-0.3, -0.25) is 0 Å². The van der Waals surface area contributed by atoms with Crippen molar-refractivity contribution in [1.82, 2.24) is 0 Å². The highest BCUT2D eigenvalue weighted by Gasteiger charge is 1.94. The molecule has 0 fully saturated rings. The van der Waals surface area contributed by atoms with Crippen LogP contribution in [0.3, 0.4) is 0 Å². The standard InChI is InChI=1S/C6H8O3/c1-5(6(8)9)3-2-4-7/h2-4,7H,1H3,(H,8,9). The number of aliphatic carboxylic acids is 1. The van der Waals surface area contributed by atoms with Crippen molar-refractivity contribution in [2.45, 2.75) is 6.92 Å². The smallest absolute Gasteiger partial charge is 0.331 e. The van der Waals surface area contributed by atoms with Crippen LogP contribution in [0.4, 0.5) is 0 Å². The second-order valence-corrected chi connectivity index (χ2v) is 1.50. The predicted molar refractivity (Wildman–Crippen MR) is 33.2 cm³/mol. The van der Waals surface area contributed by atoms with E-state index < -0.39 is 5.97 Å². The molecule has 0 saturated carbocycles. The van der Waals surface area contributed by atoms with Crippen LogP contribution >= 0.6 is 0 Å². The molecule has 0 spiro atoms. The SMILES string of the molecule is CC(=CC=CO)C(=O)O. The monoisotopic (exact) mass is 128 g/mol. The van der Waals surface area contributed by atoms with Crippen LogP contribution in [0, 0.1) is 0 Å². The average Bonchev–Trinajstić information content (AvgIpc) is 1.82. The molecule has 0 amide bonds. The minimum absolute atomic E-state index is 0.195. The number of carboxylic acids is 1. The summed E-state index contributed by atoms with van der Waals surface area (Å²) < 4.78 is 0. The summed E-state index contributed by atoms with van der Waals surface area (Å²) in [4.78, 5) is 10.0. The van der Waals surface area contributed by atoms with E-state index in [1.165, 1.54) is 19.1 Å². The summed E-state index contributed by atoms with van der Waals surface area (Å²) in [5.41, 5.74) is 0.195. The quantitative estimate of drug-likeness (QED) is 0.332. The fourth-order valence-corrected chi connectivity index (χ4v) is 0.259. The van der Waals surface area contributed by atoms with Gasteiger partial charge in [0.2, 0.25) is 0 Å². The van der Waals surface area contributed by atoms with Crippen LogP contribution in [0.15, 0.2) is 24.0 Å². The van der Waals surface area contributed by atoms with Gasteiger partial charge >= 0.3 is 5.97 Å². The van der Waals surface area contributed by atoms with Gasteiger partial charge in [-0.1, -0.05) is 0 Å². The van der Waals surface area contributed by atoms with Crippen molar-refractivity contribution in [1.29, 1.82) is 0 Å². The van der Waals surface area contributed by atoms with Crippen molar-refractivity contribution < 1.29 is 15.0 Å². The lowest BCUT2D eigenvalue weighted by Gasteiger charge is -1.85. The van der Waals surface area contributed by atoms with E-state index in [1.807, 2.05) is 0 Å². The molecule has 0 aliphatic rings. The molecule has 0 heterocycles. The molecule has 0 aromatic heterocycles. The Balaban J connectivity index is 4.00. The second kappa shape index (κ2) is 3.72. The molecule has 9 heavy (non-hydrogen) atoms. The van der Waals surface area contributed by atoms with E-state index in [2.05, 4.69) is 0 Å². The summed E-state index contributed by atoms with van der Waals surface area (Å²) in [5.74, 6) is -0.979. The molecule has 0 bridgehead atoms. The van der Waals surface area contributed by atoms with Gasteiger partial charge in [0, 0.05) is 5.57 Å². The molecular formula is C6H8O3. The van der Waals surface area contributed by atoms with Gasteiger partial charge in [0.15, 0.2) is 0 Å². The first-order chi connectivity index (χ1) is 4.18. The number of aliphatic hydroxyl groups is 1. The van der Waals surface area contributed by atoms with Gasteiger partial charge in [-0.05, 0) is 19.1 Å². The maximum atomic E-state index is 10.0. The number of rotatable bonds is 2. The molecule has 0 aliphatic carbocycles. The summed E-state index contributed by atoms with van der Waals surface area (Å²) in [6.45, 7) is 1.45. The number of allylic oxidation sites excluding steroid dienone is 2. The van der Waals surface area contributed by atoms with Crippen molar-refractivity contribution in [2.24, 2.45) is 0 Å². The van der Waals surface area contributed by atoms with Crippen molar-refractivity contribution >= 4 is 5.97 Å². The van der Waals surface area contributed by atoms with Crippen LogP contribution in [0.2, 0.25) is 0 Å². The van der Waals surface area contributed by atoms with E-state index in [1.54, 1.807) is 0 Å². The highest BCUT2D eigenvalue weighted by molar-refractivity contribution is 5.86. The van der Waals surface area contributed by atoms with Crippen LogP contribution < -0.4 is 0 Å². The Labute approximate surface area is 52.9 Å². The Kier molecular flexibility index (Phi) is 3.20. The van der Waals surface area contributed by atoms with Gasteiger partial charge in [-0.25, -0.2) is 4.79 Å². The van der Waals surface area contributed by atoms with E-state index in [4.69, 9.17) is 10.2 Å². The van der Waals surface area contributed by atoms with E-state index >= 15 is 0 Å². The van der Waals surface area contributed by atoms with E-state index in [9.17, 15) is 4.79 Å². The molecule has 0 radical (unpaired) electrons. The normalized spacial score (nSPS) is 12.3. The van der Waals surface area contributed by atoms with Crippen LogP contribution in [-0.4, -0.2) is 16.2 Å². The van der Waals surface area contributed by atoms with Gasteiger partial charge in [-0.15, -0.1) is 0 Å². The maximum absolute atomic E-state index is 10.0. The molecule has 0 aromatic carbocycles. The molecule has 0 atom stereocenters. The topological polar surface area (TPSA) is 57.5 Å². The minimum atomic E-state index is -0.979. The summed E-state index contributed by atoms with van der Waals surface area (Å²) in [5, 5.41) is 16.3. The zero-order valence-corrected chi connectivity index (χ0v) is 5.03. The molecule has 3 heteroatoms. The Hall–Kier alpha value is -1.25. The zero-order chi connectivity index (χ0) is 7.28. The summed E-state index contributed by atoms with van der Waals surface area (Å²) in [6, 6.07) is 0. The van der Waals surface area contributed by atoms with Gasteiger partial charge in [0.05, 0.1) is 6.26 Å². The Morgan fingerprint density at radius 3 is 2.44 bits per heavy atom. The maximum Gasteiger partial charge on any atom is 0.331 e. The van der Waals surface area contributed by atoms with Crippen LogP contribution in [0.25, 0.3) is 0 Å². The van der Waals surface area contributed by atoms with Gasteiger partial charge in [0.1, 0.15) is 0 Å². The number of carbonyl (C=O) groups is 1. The molecule has 2 N–H and O–H groups in total. The molecule has 0 unspecified atom stereocenters. The number of hydrogen-bond donors (Lipinski definition) is 2. The first-order valence-corrected chi connectivity index (χ1v) is 2.39. The van der Waals surface area contributed by atoms with Crippen molar-refractivity contribution in [3.05, 3.63) is 24.0 Å². The third-order valence-corrected chi connectivity index (χ3v) is 0.770. The third kappa shape index (κ3) is 3.34. The third-order valence-electron chi connectivity index (χ3n) is 0.770. The lowest BCUT2D eigenvalue weighted by Crippen LogP contribution is -1.94. The summed E-state index contributed by atoms with van der Waals surface area (Å²) >= 11 is 0. The zero-order valence-electron chi connectivity index (χ0n) is 5.03. The number of hydrogen-bond acceptors (Lipinski definition) is 2. The largest absolute Gasteiger partial charge is 0.516 e. The predicted octanol–water partition coefficient (Wildman–Crippen LogP) is 1.09.